The summed E-state index contributed by atoms with van der Waals surface area (Å²) in [6.45, 7) is 3.30. The van der Waals surface area contributed by atoms with Crippen LogP contribution in [-0.2, 0) is 0 Å². The minimum absolute atomic E-state index is 0.0240. The Kier molecular flexibility index (Phi) is 6.29. The van der Waals surface area contributed by atoms with Gasteiger partial charge in [-0.25, -0.2) is 4.98 Å². The van der Waals surface area contributed by atoms with Gasteiger partial charge in [0.05, 0.1) is 0 Å². The second-order valence-corrected chi connectivity index (χ2v) is 7.88. The molecule has 2 heterocycles. The Morgan fingerprint density at radius 2 is 2.25 bits per heavy atom. The predicted molar refractivity (Wildman–Crippen MR) is 103 cm³/mol. The Morgan fingerprint density at radius 1 is 1.42 bits per heavy atom. The maximum atomic E-state index is 12.5. The molecular formula is C18H23N3OS2. The Labute approximate surface area is 151 Å². The van der Waals surface area contributed by atoms with Crippen molar-refractivity contribution in [3.05, 3.63) is 41.4 Å². The van der Waals surface area contributed by atoms with Crippen LogP contribution in [0.5, 0.6) is 0 Å². The molecule has 1 N–H and O–H groups in total. The highest BCUT2D eigenvalue weighted by atomic mass is 32.2. The number of likely N-dealkylation sites (tertiary alicyclic amines) is 1. The Hall–Kier alpha value is -1.37. The topological polar surface area (TPSA) is 45.2 Å². The third-order valence-corrected chi connectivity index (χ3v) is 5.75. The second-order valence-electron chi connectivity index (χ2n) is 6.00. The number of carbonyl (C=O) groups excluding carboxylic acids is 1. The fraction of sp³-hybridized carbons (Fsp3) is 0.444. The highest BCUT2D eigenvalue weighted by molar-refractivity contribution is 7.98. The molecule has 0 atom stereocenters. The van der Waals surface area contributed by atoms with Crippen LogP contribution in [0.3, 0.4) is 0 Å². The van der Waals surface area contributed by atoms with Gasteiger partial charge in [-0.1, -0.05) is 12.1 Å². The molecule has 1 aliphatic heterocycles. The number of nitrogens with zero attached hydrogens (tertiary/aromatic N) is 2. The van der Waals surface area contributed by atoms with Gasteiger partial charge in [0.25, 0.3) is 5.91 Å². The van der Waals surface area contributed by atoms with Gasteiger partial charge in [0, 0.05) is 54.1 Å². The molecule has 3 rings (SSSR count). The van der Waals surface area contributed by atoms with Crippen molar-refractivity contribution in [1.29, 1.82) is 0 Å². The molecule has 0 spiro atoms. The average Bonchev–Trinajstić information content (AvgIpc) is 3.16. The fourth-order valence-electron chi connectivity index (χ4n) is 2.95. The summed E-state index contributed by atoms with van der Waals surface area (Å²) >= 11 is 3.48. The van der Waals surface area contributed by atoms with E-state index in [1.165, 1.54) is 5.75 Å². The molecule has 1 aliphatic rings. The largest absolute Gasteiger partial charge is 0.349 e. The first-order valence-electron chi connectivity index (χ1n) is 8.28. The fourth-order valence-corrected chi connectivity index (χ4v) is 4.03. The van der Waals surface area contributed by atoms with E-state index in [9.17, 15) is 4.79 Å². The minimum atomic E-state index is 0.0240. The lowest BCUT2D eigenvalue weighted by Crippen LogP contribution is -2.45. The molecule has 24 heavy (non-hydrogen) atoms. The van der Waals surface area contributed by atoms with Gasteiger partial charge >= 0.3 is 0 Å². The number of nitrogens with one attached hydrogen (secondary N) is 1. The molecule has 2 aromatic rings. The van der Waals surface area contributed by atoms with Gasteiger partial charge in [-0.15, -0.1) is 11.3 Å². The number of carbonyl (C=O) groups is 1. The smallest absolute Gasteiger partial charge is 0.251 e. The molecule has 0 bridgehead atoms. The van der Waals surface area contributed by atoms with Gasteiger partial charge in [0.15, 0.2) is 0 Å². The molecule has 128 valence electrons. The predicted octanol–water partition coefficient (Wildman–Crippen LogP) is 3.37. The SMILES string of the molecule is CSCCN1CCC(NC(=O)c2cccc(-c3nccs3)c2)CC1. The number of rotatable bonds is 6. The van der Waals surface area contributed by atoms with Crippen molar-refractivity contribution in [3.63, 3.8) is 0 Å². The van der Waals surface area contributed by atoms with E-state index in [0.29, 0.717) is 5.56 Å². The Bertz CT molecular complexity index is 652. The van der Waals surface area contributed by atoms with Crippen LogP contribution in [0.1, 0.15) is 23.2 Å². The highest BCUT2D eigenvalue weighted by Crippen LogP contribution is 2.22. The van der Waals surface area contributed by atoms with Crippen LogP contribution in [-0.4, -0.2) is 53.5 Å². The summed E-state index contributed by atoms with van der Waals surface area (Å²) in [5, 5.41) is 6.10. The zero-order valence-electron chi connectivity index (χ0n) is 13.9. The van der Waals surface area contributed by atoms with Crippen LogP contribution in [0.15, 0.2) is 35.8 Å². The monoisotopic (exact) mass is 361 g/mol. The molecule has 1 saturated heterocycles. The molecule has 0 saturated carbocycles. The van der Waals surface area contributed by atoms with Crippen molar-refractivity contribution in [2.45, 2.75) is 18.9 Å². The maximum absolute atomic E-state index is 12.5. The molecule has 1 fully saturated rings. The molecule has 0 unspecified atom stereocenters. The standard InChI is InChI=1S/C18H23N3OS2/c1-23-12-10-21-8-5-16(6-9-21)20-17(22)14-3-2-4-15(13-14)18-19-7-11-24-18/h2-4,7,11,13,16H,5-6,8-10,12H2,1H3,(H,20,22). The summed E-state index contributed by atoms with van der Waals surface area (Å²) in [5.41, 5.74) is 1.72. The quantitative estimate of drug-likeness (QED) is 0.857. The zero-order valence-corrected chi connectivity index (χ0v) is 15.5. The lowest BCUT2D eigenvalue weighted by molar-refractivity contribution is 0.0913. The van der Waals surface area contributed by atoms with Crippen LogP contribution in [0.2, 0.25) is 0 Å². The number of piperidine rings is 1. The minimum Gasteiger partial charge on any atom is -0.349 e. The molecule has 0 radical (unpaired) electrons. The van der Waals surface area contributed by atoms with E-state index in [4.69, 9.17) is 0 Å². The van der Waals surface area contributed by atoms with Gasteiger partial charge in [-0.2, -0.15) is 11.8 Å². The van der Waals surface area contributed by atoms with E-state index in [1.54, 1.807) is 17.5 Å². The van der Waals surface area contributed by atoms with Gasteiger partial charge in [-0.3, -0.25) is 4.79 Å². The van der Waals surface area contributed by atoms with Crippen molar-refractivity contribution in [2.24, 2.45) is 0 Å². The van der Waals surface area contributed by atoms with E-state index < -0.39 is 0 Å². The summed E-state index contributed by atoms with van der Waals surface area (Å²) in [6.07, 6.45) is 6.00. The van der Waals surface area contributed by atoms with E-state index in [0.717, 1.165) is 43.0 Å². The van der Waals surface area contributed by atoms with Gasteiger partial charge < -0.3 is 10.2 Å². The number of hydrogen-bond acceptors (Lipinski definition) is 5. The van der Waals surface area contributed by atoms with Gasteiger partial charge in [-0.05, 0) is 31.2 Å². The average molecular weight is 362 g/mol. The number of thioether (sulfide) groups is 1. The maximum Gasteiger partial charge on any atom is 0.251 e. The Morgan fingerprint density at radius 3 is 2.96 bits per heavy atom. The summed E-state index contributed by atoms with van der Waals surface area (Å²) in [7, 11) is 0. The molecule has 0 aliphatic carbocycles. The third kappa shape index (κ3) is 4.59. The highest BCUT2D eigenvalue weighted by Gasteiger charge is 2.21. The van der Waals surface area contributed by atoms with E-state index in [-0.39, 0.29) is 11.9 Å². The first kappa shape index (κ1) is 17.5. The molecule has 1 aromatic carbocycles. The van der Waals surface area contributed by atoms with E-state index in [2.05, 4.69) is 21.5 Å². The van der Waals surface area contributed by atoms with Crippen LogP contribution in [0.25, 0.3) is 10.6 Å². The third-order valence-electron chi connectivity index (χ3n) is 4.34. The first-order chi connectivity index (χ1) is 11.8. The summed E-state index contributed by atoms with van der Waals surface area (Å²) in [5.74, 6) is 1.21. The Balaban J connectivity index is 1.55. The van der Waals surface area contributed by atoms with Crippen molar-refractivity contribution in [1.82, 2.24) is 15.2 Å². The molecule has 1 aromatic heterocycles. The lowest BCUT2D eigenvalue weighted by Gasteiger charge is -2.32. The van der Waals surface area contributed by atoms with Crippen molar-refractivity contribution < 1.29 is 4.79 Å². The molecular weight excluding hydrogens is 338 g/mol. The second kappa shape index (κ2) is 8.65. The number of hydrogen-bond donors (Lipinski definition) is 1. The molecule has 4 nitrogen and oxygen atoms in total. The van der Waals surface area contributed by atoms with Gasteiger partial charge in [0.2, 0.25) is 0 Å². The van der Waals surface area contributed by atoms with Gasteiger partial charge in [0.1, 0.15) is 5.01 Å². The van der Waals surface area contributed by atoms with Crippen LogP contribution in [0, 0.1) is 0 Å². The number of aromatic nitrogens is 1. The zero-order chi connectivity index (χ0) is 16.8. The molecule has 1 amide bonds. The van der Waals surface area contributed by atoms with E-state index in [1.807, 2.05) is 41.4 Å². The van der Waals surface area contributed by atoms with Crippen LogP contribution < -0.4 is 5.32 Å². The summed E-state index contributed by atoms with van der Waals surface area (Å²) in [4.78, 5) is 19.3. The van der Waals surface area contributed by atoms with Crippen LogP contribution >= 0.6 is 23.1 Å². The van der Waals surface area contributed by atoms with Crippen molar-refractivity contribution in [2.75, 3.05) is 31.6 Å². The van der Waals surface area contributed by atoms with Crippen LogP contribution in [0.4, 0.5) is 0 Å². The van der Waals surface area contributed by atoms with Crippen molar-refractivity contribution >= 4 is 29.0 Å². The summed E-state index contributed by atoms with van der Waals surface area (Å²) < 4.78 is 0. The first-order valence-corrected chi connectivity index (χ1v) is 10.6. The molecule has 6 heteroatoms. The lowest BCUT2D eigenvalue weighted by atomic mass is 10.0. The number of benzene rings is 1. The summed E-state index contributed by atoms with van der Waals surface area (Å²) in [6, 6.07) is 8.02. The normalized spacial score (nSPS) is 16.2. The van der Waals surface area contributed by atoms with E-state index >= 15 is 0 Å². The number of amides is 1. The van der Waals surface area contributed by atoms with Crippen molar-refractivity contribution in [3.8, 4) is 10.6 Å². The number of thiazole rings is 1.